The summed E-state index contributed by atoms with van der Waals surface area (Å²) in [5.41, 5.74) is 0.494. The van der Waals surface area contributed by atoms with Crippen LogP contribution in [-0.4, -0.2) is 39.4 Å². The van der Waals surface area contributed by atoms with Crippen LogP contribution in [0.2, 0.25) is 0 Å². The summed E-state index contributed by atoms with van der Waals surface area (Å²) in [5.74, 6) is -1.25. The number of rotatable bonds is 3. The van der Waals surface area contributed by atoms with Gasteiger partial charge in [0.2, 0.25) is 0 Å². The lowest BCUT2D eigenvalue weighted by Gasteiger charge is -2.04. The smallest absolute Gasteiger partial charge is 0.411 e. The van der Waals surface area contributed by atoms with Crippen LogP contribution in [-0.2, 0) is 14.2 Å². The van der Waals surface area contributed by atoms with Crippen LogP contribution >= 0.6 is 11.3 Å². The lowest BCUT2D eigenvalue weighted by atomic mass is 10.1. The molecule has 0 aliphatic heterocycles. The second-order valence-corrected chi connectivity index (χ2v) is 4.38. The molecule has 0 aromatic carbocycles. The third-order valence-corrected chi connectivity index (χ3v) is 3.50. The number of hydrogen-bond acceptors (Lipinski definition) is 7. The van der Waals surface area contributed by atoms with Gasteiger partial charge in [-0.05, 0) is 12.5 Å². The molecule has 0 bridgehead atoms. The molecule has 19 heavy (non-hydrogen) atoms. The molecule has 0 unspecified atom stereocenters. The fourth-order valence-corrected chi connectivity index (χ4v) is 2.48. The van der Waals surface area contributed by atoms with Crippen molar-refractivity contribution in [3.8, 4) is 0 Å². The number of carbonyl (C=O) groups is 3. The number of ether oxygens (including phenoxy) is 3. The Morgan fingerprint density at radius 2 is 1.58 bits per heavy atom. The topological polar surface area (TPSA) is 90.9 Å². The molecule has 0 aliphatic rings. The van der Waals surface area contributed by atoms with E-state index in [0.717, 1.165) is 11.3 Å². The van der Waals surface area contributed by atoms with Gasteiger partial charge in [0.05, 0.1) is 26.9 Å². The Morgan fingerprint density at radius 1 is 1.00 bits per heavy atom. The van der Waals surface area contributed by atoms with Crippen molar-refractivity contribution in [2.45, 2.75) is 6.92 Å². The molecule has 1 aromatic rings. The van der Waals surface area contributed by atoms with Crippen LogP contribution in [0.25, 0.3) is 0 Å². The van der Waals surface area contributed by atoms with Crippen LogP contribution in [0.3, 0.4) is 0 Å². The summed E-state index contributed by atoms with van der Waals surface area (Å²) in [4.78, 5) is 34.7. The first kappa shape index (κ1) is 15.0. The van der Waals surface area contributed by atoms with E-state index in [1.807, 2.05) is 0 Å². The molecule has 7 nitrogen and oxygen atoms in total. The number of anilines is 1. The standard InChI is InChI=1S/C11H13NO6S/c1-5-6(9(13)16-2)8(12-11(15)18-4)19-7(5)10(14)17-3/h1-4H3,(H,12,15). The first-order chi connectivity index (χ1) is 8.96. The molecule has 1 N–H and O–H groups in total. The fraction of sp³-hybridized carbons (Fsp3) is 0.364. The van der Waals surface area contributed by atoms with Crippen molar-refractivity contribution in [1.82, 2.24) is 0 Å². The maximum Gasteiger partial charge on any atom is 0.411 e. The van der Waals surface area contributed by atoms with Gasteiger partial charge in [-0.15, -0.1) is 11.3 Å². The van der Waals surface area contributed by atoms with Crippen LogP contribution in [0.15, 0.2) is 0 Å². The van der Waals surface area contributed by atoms with Gasteiger partial charge >= 0.3 is 18.0 Å². The number of amides is 1. The van der Waals surface area contributed by atoms with Gasteiger partial charge in [0, 0.05) is 0 Å². The molecule has 1 amide bonds. The number of carbonyl (C=O) groups excluding carboxylic acids is 3. The van der Waals surface area contributed by atoms with Crippen molar-refractivity contribution >= 4 is 34.4 Å². The Bertz CT molecular complexity index is 522. The quantitative estimate of drug-likeness (QED) is 0.673. The summed E-state index contributed by atoms with van der Waals surface area (Å²) in [6.45, 7) is 1.57. The average Bonchev–Trinajstić information content (AvgIpc) is 2.73. The summed E-state index contributed by atoms with van der Waals surface area (Å²) in [5, 5.41) is 2.54. The monoisotopic (exact) mass is 287 g/mol. The highest BCUT2D eigenvalue weighted by Gasteiger charge is 2.26. The first-order valence-corrected chi connectivity index (χ1v) is 5.92. The average molecular weight is 287 g/mol. The van der Waals surface area contributed by atoms with E-state index in [4.69, 9.17) is 0 Å². The fourth-order valence-electron chi connectivity index (χ4n) is 1.38. The second kappa shape index (κ2) is 6.19. The summed E-state index contributed by atoms with van der Waals surface area (Å²) >= 11 is 0.919. The van der Waals surface area contributed by atoms with Gasteiger partial charge in [-0.2, -0.15) is 0 Å². The van der Waals surface area contributed by atoms with Crippen molar-refractivity contribution in [3.05, 3.63) is 16.0 Å². The van der Waals surface area contributed by atoms with Crippen LogP contribution in [0.5, 0.6) is 0 Å². The molecule has 104 valence electrons. The molecule has 0 atom stereocenters. The van der Waals surface area contributed by atoms with Gasteiger partial charge in [-0.25, -0.2) is 14.4 Å². The van der Waals surface area contributed by atoms with E-state index in [0.29, 0.717) is 5.56 Å². The predicted molar refractivity (Wildman–Crippen MR) is 67.8 cm³/mol. The molecule has 0 spiro atoms. The Kier molecular flexibility index (Phi) is 4.87. The molecule has 8 heteroatoms. The molecular formula is C11H13NO6S. The number of esters is 2. The number of methoxy groups -OCH3 is 3. The van der Waals surface area contributed by atoms with Crippen molar-refractivity contribution in [2.24, 2.45) is 0 Å². The van der Waals surface area contributed by atoms with E-state index in [9.17, 15) is 14.4 Å². The zero-order valence-electron chi connectivity index (χ0n) is 10.9. The highest BCUT2D eigenvalue weighted by molar-refractivity contribution is 7.18. The Hall–Kier alpha value is -2.09. The normalized spacial score (nSPS) is 9.68. The summed E-state index contributed by atoms with van der Waals surface area (Å²) in [6.07, 6.45) is -0.747. The third kappa shape index (κ3) is 3.02. The summed E-state index contributed by atoms with van der Waals surface area (Å²) < 4.78 is 13.7. The van der Waals surface area contributed by atoms with Gasteiger partial charge in [0.1, 0.15) is 9.88 Å². The van der Waals surface area contributed by atoms with E-state index in [-0.39, 0.29) is 15.4 Å². The Morgan fingerprint density at radius 3 is 2.05 bits per heavy atom. The maximum absolute atomic E-state index is 11.7. The van der Waals surface area contributed by atoms with Gasteiger partial charge in [0.15, 0.2) is 0 Å². The molecule has 0 saturated heterocycles. The minimum Gasteiger partial charge on any atom is -0.465 e. The third-order valence-electron chi connectivity index (χ3n) is 2.31. The van der Waals surface area contributed by atoms with E-state index in [1.165, 1.54) is 21.3 Å². The first-order valence-electron chi connectivity index (χ1n) is 5.11. The molecule has 1 heterocycles. The maximum atomic E-state index is 11.7. The number of hydrogen-bond donors (Lipinski definition) is 1. The van der Waals surface area contributed by atoms with Crippen LogP contribution in [0.1, 0.15) is 25.6 Å². The molecule has 0 radical (unpaired) electrons. The van der Waals surface area contributed by atoms with Gasteiger partial charge in [-0.1, -0.05) is 0 Å². The number of thiophene rings is 1. The van der Waals surface area contributed by atoms with E-state index in [1.54, 1.807) is 6.92 Å². The van der Waals surface area contributed by atoms with Crippen molar-refractivity contribution < 1.29 is 28.6 Å². The molecule has 1 rings (SSSR count). The molecule has 0 saturated carbocycles. The van der Waals surface area contributed by atoms with Crippen molar-refractivity contribution in [3.63, 3.8) is 0 Å². The SMILES string of the molecule is COC(=O)Nc1sc(C(=O)OC)c(C)c1C(=O)OC. The lowest BCUT2D eigenvalue weighted by Crippen LogP contribution is -2.13. The van der Waals surface area contributed by atoms with E-state index < -0.39 is 18.0 Å². The van der Waals surface area contributed by atoms with Gasteiger partial charge < -0.3 is 14.2 Å². The minimum atomic E-state index is -0.747. The zero-order valence-corrected chi connectivity index (χ0v) is 11.7. The van der Waals surface area contributed by atoms with E-state index >= 15 is 0 Å². The molecule has 0 fully saturated rings. The van der Waals surface area contributed by atoms with Crippen molar-refractivity contribution in [2.75, 3.05) is 26.6 Å². The largest absolute Gasteiger partial charge is 0.465 e. The second-order valence-electron chi connectivity index (χ2n) is 3.36. The number of nitrogens with one attached hydrogen (secondary N) is 1. The Balaban J connectivity index is 3.31. The van der Waals surface area contributed by atoms with E-state index in [2.05, 4.69) is 19.5 Å². The van der Waals surface area contributed by atoms with Crippen LogP contribution in [0.4, 0.5) is 9.80 Å². The summed E-state index contributed by atoms with van der Waals surface area (Å²) in [7, 11) is 3.63. The highest BCUT2D eigenvalue weighted by atomic mass is 32.1. The highest BCUT2D eigenvalue weighted by Crippen LogP contribution is 2.34. The van der Waals surface area contributed by atoms with Gasteiger partial charge in [-0.3, -0.25) is 5.32 Å². The van der Waals surface area contributed by atoms with Gasteiger partial charge in [0.25, 0.3) is 0 Å². The summed E-state index contributed by atoms with van der Waals surface area (Å²) in [6, 6.07) is 0. The van der Waals surface area contributed by atoms with Crippen LogP contribution in [0, 0.1) is 6.92 Å². The van der Waals surface area contributed by atoms with Crippen LogP contribution < -0.4 is 5.32 Å². The molecule has 1 aromatic heterocycles. The Labute approximate surface area is 113 Å². The zero-order chi connectivity index (χ0) is 14.6. The molecule has 0 aliphatic carbocycles. The minimum absolute atomic E-state index is 0.110. The predicted octanol–water partition coefficient (Wildman–Crippen LogP) is 1.81. The van der Waals surface area contributed by atoms with Crippen molar-refractivity contribution in [1.29, 1.82) is 0 Å². The lowest BCUT2D eigenvalue weighted by molar-refractivity contribution is 0.0601. The molecular weight excluding hydrogens is 274 g/mol.